The number of piperidine rings is 1. The Morgan fingerprint density at radius 1 is 1.33 bits per heavy atom. The van der Waals surface area contributed by atoms with Crippen molar-refractivity contribution in [3.8, 4) is 0 Å². The van der Waals surface area contributed by atoms with Crippen LogP contribution in [-0.2, 0) is 4.74 Å². The van der Waals surface area contributed by atoms with Crippen molar-refractivity contribution in [2.75, 3.05) is 37.0 Å². The highest BCUT2D eigenvalue weighted by atomic mass is 16.5. The van der Waals surface area contributed by atoms with Gasteiger partial charge in [-0.05, 0) is 44.4 Å². The number of carbonyl (C=O) groups is 1. The lowest BCUT2D eigenvalue weighted by molar-refractivity contribution is 0.173. The number of rotatable bonds is 5. The summed E-state index contributed by atoms with van der Waals surface area (Å²) in [4.78, 5) is 14.3. The standard InChI is InChI=1S/C16H25N3O2/c1-13(12-21-2)17-16(20)18-14-7-6-8-15(11-14)19-9-4-3-5-10-19/h6-8,11,13H,3-5,9-10,12H2,1-2H3,(H2,17,18,20). The van der Waals surface area contributed by atoms with E-state index in [9.17, 15) is 4.79 Å². The minimum absolute atomic E-state index is 0.0136. The summed E-state index contributed by atoms with van der Waals surface area (Å²) in [7, 11) is 1.62. The molecule has 5 nitrogen and oxygen atoms in total. The largest absolute Gasteiger partial charge is 0.383 e. The van der Waals surface area contributed by atoms with Gasteiger partial charge in [0, 0.05) is 31.6 Å². The number of benzene rings is 1. The summed E-state index contributed by atoms with van der Waals surface area (Å²) >= 11 is 0. The van der Waals surface area contributed by atoms with Crippen LogP contribution in [0.2, 0.25) is 0 Å². The van der Waals surface area contributed by atoms with Crippen LogP contribution < -0.4 is 15.5 Å². The molecule has 1 unspecified atom stereocenters. The quantitative estimate of drug-likeness (QED) is 0.877. The number of methoxy groups -OCH3 is 1. The average Bonchev–Trinajstić information content (AvgIpc) is 2.48. The van der Waals surface area contributed by atoms with E-state index in [0.717, 1.165) is 18.8 Å². The second-order valence-electron chi connectivity index (χ2n) is 5.55. The van der Waals surface area contributed by atoms with Gasteiger partial charge in [-0.15, -0.1) is 0 Å². The van der Waals surface area contributed by atoms with Crippen molar-refractivity contribution >= 4 is 17.4 Å². The molecule has 1 saturated heterocycles. The van der Waals surface area contributed by atoms with Gasteiger partial charge in [0.25, 0.3) is 0 Å². The van der Waals surface area contributed by atoms with Crippen molar-refractivity contribution in [3.05, 3.63) is 24.3 Å². The van der Waals surface area contributed by atoms with Gasteiger partial charge in [0.2, 0.25) is 0 Å². The zero-order valence-corrected chi connectivity index (χ0v) is 12.9. The van der Waals surface area contributed by atoms with Crippen LogP contribution in [0.15, 0.2) is 24.3 Å². The molecular weight excluding hydrogens is 266 g/mol. The smallest absolute Gasteiger partial charge is 0.319 e. The lowest BCUT2D eigenvalue weighted by atomic mass is 10.1. The summed E-state index contributed by atoms with van der Waals surface area (Å²) in [6.45, 7) is 4.61. The van der Waals surface area contributed by atoms with Crippen molar-refractivity contribution in [1.29, 1.82) is 0 Å². The van der Waals surface area contributed by atoms with Crippen LogP contribution in [0.4, 0.5) is 16.2 Å². The van der Waals surface area contributed by atoms with E-state index >= 15 is 0 Å². The molecule has 1 aromatic rings. The Hall–Kier alpha value is -1.75. The van der Waals surface area contributed by atoms with Gasteiger partial charge in [-0.2, -0.15) is 0 Å². The second kappa shape index (κ2) is 7.88. The van der Waals surface area contributed by atoms with Gasteiger partial charge in [-0.1, -0.05) is 6.07 Å². The Morgan fingerprint density at radius 2 is 2.10 bits per heavy atom. The molecule has 2 amide bonds. The van der Waals surface area contributed by atoms with Crippen molar-refractivity contribution in [3.63, 3.8) is 0 Å². The highest BCUT2D eigenvalue weighted by Gasteiger charge is 2.12. The third-order valence-electron chi connectivity index (χ3n) is 3.62. The summed E-state index contributed by atoms with van der Waals surface area (Å²) in [5.41, 5.74) is 2.00. The summed E-state index contributed by atoms with van der Waals surface area (Å²) in [5, 5.41) is 5.72. The lowest BCUT2D eigenvalue weighted by Crippen LogP contribution is -2.38. The molecule has 1 aliphatic heterocycles. The van der Waals surface area contributed by atoms with Gasteiger partial charge >= 0.3 is 6.03 Å². The number of carbonyl (C=O) groups excluding carboxylic acids is 1. The maximum atomic E-state index is 11.9. The Labute approximate surface area is 126 Å². The van der Waals surface area contributed by atoms with E-state index in [1.807, 2.05) is 25.1 Å². The fraction of sp³-hybridized carbons (Fsp3) is 0.562. The second-order valence-corrected chi connectivity index (χ2v) is 5.55. The molecule has 0 radical (unpaired) electrons. The molecule has 1 heterocycles. The molecular formula is C16H25N3O2. The van der Waals surface area contributed by atoms with E-state index in [2.05, 4.69) is 21.6 Å². The van der Waals surface area contributed by atoms with Gasteiger partial charge < -0.3 is 20.3 Å². The zero-order chi connectivity index (χ0) is 15.1. The number of nitrogens with zero attached hydrogens (tertiary/aromatic N) is 1. The van der Waals surface area contributed by atoms with Gasteiger partial charge in [-0.3, -0.25) is 0 Å². The van der Waals surface area contributed by atoms with Crippen molar-refractivity contribution in [1.82, 2.24) is 5.32 Å². The SMILES string of the molecule is COCC(C)NC(=O)Nc1cccc(N2CCCCC2)c1. The average molecular weight is 291 g/mol. The molecule has 1 aliphatic rings. The maximum Gasteiger partial charge on any atom is 0.319 e. The molecule has 1 fully saturated rings. The molecule has 21 heavy (non-hydrogen) atoms. The molecule has 2 N–H and O–H groups in total. The Balaban J connectivity index is 1.92. The number of amides is 2. The van der Waals surface area contributed by atoms with Crippen molar-refractivity contribution < 1.29 is 9.53 Å². The van der Waals surface area contributed by atoms with Gasteiger partial charge in [0.1, 0.15) is 0 Å². The van der Waals surface area contributed by atoms with E-state index in [4.69, 9.17) is 4.74 Å². The molecule has 0 bridgehead atoms. The first kappa shape index (κ1) is 15.6. The van der Waals surface area contributed by atoms with Crippen molar-refractivity contribution in [2.45, 2.75) is 32.2 Å². The number of hydrogen-bond acceptors (Lipinski definition) is 3. The number of hydrogen-bond donors (Lipinski definition) is 2. The zero-order valence-electron chi connectivity index (χ0n) is 12.9. The predicted molar refractivity (Wildman–Crippen MR) is 86.0 cm³/mol. The van der Waals surface area contributed by atoms with E-state index in [-0.39, 0.29) is 12.1 Å². The molecule has 1 aromatic carbocycles. The van der Waals surface area contributed by atoms with Crippen molar-refractivity contribution in [2.24, 2.45) is 0 Å². The highest BCUT2D eigenvalue weighted by molar-refractivity contribution is 5.90. The molecule has 2 rings (SSSR count). The van der Waals surface area contributed by atoms with Gasteiger partial charge in [-0.25, -0.2) is 4.79 Å². The molecule has 5 heteroatoms. The number of nitrogens with one attached hydrogen (secondary N) is 2. The Kier molecular flexibility index (Phi) is 5.87. The Bertz CT molecular complexity index is 459. The molecule has 0 spiro atoms. The molecule has 0 saturated carbocycles. The van der Waals surface area contributed by atoms with Crippen LogP contribution in [-0.4, -0.2) is 38.9 Å². The van der Waals surface area contributed by atoms with Crippen LogP contribution in [0.5, 0.6) is 0 Å². The maximum absolute atomic E-state index is 11.9. The number of anilines is 2. The summed E-state index contributed by atoms with van der Waals surface area (Å²) < 4.78 is 5.00. The van der Waals surface area contributed by atoms with Crippen LogP contribution in [0.3, 0.4) is 0 Å². The monoisotopic (exact) mass is 291 g/mol. The third kappa shape index (κ3) is 4.93. The lowest BCUT2D eigenvalue weighted by Gasteiger charge is -2.29. The fourth-order valence-electron chi connectivity index (χ4n) is 2.62. The number of urea groups is 1. The molecule has 1 atom stereocenters. The first-order valence-electron chi connectivity index (χ1n) is 7.60. The summed E-state index contributed by atoms with van der Waals surface area (Å²) in [6, 6.07) is 7.82. The summed E-state index contributed by atoms with van der Waals surface area (Å²) in [6.07, 6.45) is 3.80. The Morgan fingerprint density at radius 3 is 2.81 bits per heavy atom. The van der Waals surface area contributed by atoms with Crippen LogP contribution >= 0.6 is 0 Å². The third-order valence-corrected chi connectivity index (χ3v) is 3.62. The van der Waals surface area contributed by atoms with Crippen LogP contribution in [0.25, 0.3) is 0 Å². The van der Waals surface area contributed by atoms with E-state index in [1.165, 1.54) is 24.9 Å². The normalized spacial score (nSPS) is 16.4. The minimum atomic E-state index is -0.199. The van der Waals surface area contributed by atoms with Gasteiger partial charge in [0.15, 0.2) is 0 Å². The van der Waals surface area contributed by atoms with Crippen LogP contribution in [0.1, 0.15) is 26.2 Å². The van der Waals surface area contributed by atoms with E-state index in [1.54, 1.807) is 7.11 Å². The minimum Gasteiger partial charge on any atom is -0.383 e. The molecule has 0 aromatic heterocycles. The first-order chi connectivity index (χ1) is 10.2. The van der Waals surface area contributed by atoms with E-state index in [0.29, 0.717) is 6.61 Å². The van der Waals surface area contributed by atoms with Crippen LogP contribution in [0, 0.1) is 0 Å². The van der Waals surface area contributed by atoms with E-state index < -0.39 is 0 Å². The summed E-state index contributed by atoms with van der Waals surface area (Å²) in [5.74, 6) is 0. The fourth-order valence-corrected chi connectivity index (χ4v) is 2.62. The number of ether oxygens (including phenoxy) is 1. The first-order valence-corrected chi connectivity index (χ1v) is 7.60. The molecule has 0 aliphatic carbocycles. The topological polar surface area (TPSA) is 53.6 Å². The highest BCUT2D eigenvalue weighted by Crippen LogP contribution is 2.22. The predicted octanol–water partition coefficient (Wildman–Crippen LogP) is 2.83. The van der Waals surface area contributed by atoms with Gasteiger partial charge in [0.05, 0.1) is 12.6 Å². The molecule has 116 valence electrons.